The first-order chi connectivity index (χ1) is 11.6. The van der Waals surface area contributed by atoms with Gasteiger partial charge in [-0.2, -0.15) is 0 Å². The van der Waals surface area contributed by atoms with E-state index in [4.69, 9.17) is 0 Å². The van der Waals surface area contributed by atoms with E-state index in [0.717, 1.165) is 17.5 Å². The number of aryl methyl sites for hydroxylation is 1. The number of carbonyl (C=O) groups is 2. The fraction of sp³-hybridized carbons (Fsp3) is 0.300. The van der Waals surface area contributed by atoms with Crippen molar-refractivity contribution in [1.82, 2.24) is 5.32 Å². The quantitative estimate of drug-likeness (QED) is 0.784. The number of nitrogens with one attached hydrogen (secondary N) is 1. The van der Waals surface area contributed by atoms with E-state index in [1.165, 1.54) is 5.56 Å². The lowest BCUT2D eigenvalue weighted by molar-refractivity contribution is -0.141. The maximum atomic E-state index is 12.1. The molecule has 0 saturated heterocycles. The minimum atomic E-state index is -0.896. The van der Waals surface area contributed by atoms with Crippen LogP contribution in [-0.4, -0.2) is 23.5 Å². The number of amides is 1. The number of aliphatic carboxylic acids is 1. The molecule has 0 saturated carbocycles. The molecule has 0 heterocycles. The van der Waals surface area contributed by atoms with E-state index in [2.05, 4.69) is 12.2 Å². The Bertz CT molecular complexity index is 682. The molecule has 0 aromatic heterocycles. The summed E-state index contributed by atoms with van der Waals surface area (Å²) in [6.07, 6.45) is 1.60. The minimum Gasteiger partial charge on any atom is -0.481 e. The highest BCUT2D eigenvalue weighted by Crippen LogP contribution is 2.09. The Labute approximate surface area is 142 Å². The molecule has 2 aromatic rings. The maximum Gasteiger partial charge on any atom is 0.308 e. The zero-order valence-electron chi connectivity index (χ0n) is 13.9. The van der Waals surface area contributed by atoms with Gasteiger partial charge in [0.05, 0.1) is 12.3 Å². The average Bonchev–Trinajstić information content (AvgIpc) is 2.59. The molecule has 0 aliphatic heterocycles. The zero-order valence-corrected chi connectivity index (χ0v) is 13.9. The molecule has 0 aliphatic rings. The van der Waals surface area contributed by atoms with Crippen molar-refractivity contribution < 1.29 is 14.7 Å². The highest BCUT2D eigenvalue weighted by molar-refractivity contribution is 5.79. The van der Waals surface area contributed by atoms with Crippen LogP contribution in [0.3, 0.4) is 0 Å². The van der Waals surface area contributed by atoms with Gasteiger partial charge in [0.1, 0.15) is 0 Å². The summed E-state index contributed by atoms with van der Waals surface area (Å²) in [5, 5.41) is 12.1. The van der Waals surface area contributed by atoms with Gasteiger partial charge in [0.25, 0.3) is 0 Å². The molecule has 0 bridgehead atoms. The van der Waals surface area contributed by atoms with Gasteiger partial charge in [-0.25, -0.2) is 0 Å². The average molecular weight is 325 g/mol. The van der Waals surface area contributed by atoms with Crippen LogP contribution in [0, 0.1) is 5.92 Å². The molecule has 0 aliphatic carbocycles. The smallest absolute Gasteiger partial charge is 0.308 e. The number of hydrogen-bond donors (Lipinski definition) is 2. The summed E-state index contributed by atoms with van der Waals surface area (Å²) in [4.78, 5) is 23.5. The van der Waals surface area contributed by atoms with Gasteiger partial charge < -0.3 is 10.4 Å². The zero-order chi connectivity index (χ0) is 17.4. The van der Waals surface area contributed by atoms with E-state index in [9.17, 15) is 14.7 Å². The van der Waals surface area contributed by atoms with E-state index in [1.807, 2.05) is 54.6 Å². The largest absolute Gasteiger partial charge is 0.481 e. The van der Waals surface area contributed by atoms with E-state index in [-0.39, 0.29) is 18.9 Å². The number of carboxylic acid groups (broad SMARTS) is 1. The second kappa shape index (κ2) is 8.87. The van der Waals surface area contributed by atoms with E-state index < -0.39 is 11.9 Å². The first kappa shape index (κ1) is 17.7. The molecule has 24 heavy (non-hydrogen) atoms. The van der Waals surface area contributed by atoms with Gasteiger partial charge in [-0.1, -0.05) is 61.5 Å². The van der Waals surface area contributed by atoms with Crippen molar-refractivity contribution in [2.45, 2.75) is 26.2 Å². The van der Waals surface area contributed by atoms with Gasteiger partial charge in [0.2, 0.25) is 5.91 Å². The summed E-state index contributed by atoms with van der Waals surface area (Å²) in [6, 6.07) is 17.4. The van der Waals surface area contributed by atoms with E-state index in [0.29, 0.717) is 6.42 Å². The van der Waals surface area contributed by atoms with Gasteiger partial charge in [0, 0.05) is 6.54 Å². The first-order valence-electron chi connectivity index (χ1n) is 8.19. The first-order valence-corrected chi connectivity index (χ1v) is 8.19. The van der Waals surface area contributed by atoms with Crippen LogP contribution in [-0.2, 0) is 28.9 Å². The Morgan fingerprint density at radius 3 is 2.33 bits per heavy atom. The number of carbonyl (C=O) groups excluding carboxylic acids is 1. The molecule has 4 heteroatoms. The lowest BCUT2D eigenvalue weighted by atomic mass is 9.99. The van der Waals surface area contributed by atoms with Crippen LogP contribution in [0.15, 0.2) is 54.6 Å². The van der Waals surface area contributed by atoms with Crippen LogP contribution in [0.5, 0.6) is 0 Å². The molecule has 4 nitrogen and oxygen atoms in total. The molecule has 2 N–H and O–H groups in total. The predicted molar refractivity (Wildman–Crippen MR) is 93.8 cm³/mol. The van der Waals surface area contributed by atoms with Crippen LogP contribution >= 0.6 is 0 Å². The van der Waals surface area contributed by atoms with Gasteiger partial charge in [-0.15, -0.1) is 0 Å². The normalized spacial score (nSPS) is 11.7. The molecule has 1 amide bonds. The van der Waals surface area contributed by atoms with Crippen molar-refractivity contribution in [3.8, 4) is 0 Å². The van der Waals surface area contributed by atoms with Crippen molar-refractivity contribution >= 4 is 11.9 Å². The predicted octanol–water partition coefficient (Wildman–Crippen LogP) is 2.85. The second-order valence-corrected chi connectivity index (χ2v) is 5.88. The topological polar surface area (TPSA) is 66.4 Å². The van der Waals surface area contributed by atoms with Crippen molar-refractivity contribution in [3.05, 3.63) is 71.3 Å². The molecular formula is C20H23NO3. The molecule has 0 spiro atoms. The molecular weight excluding hydrogens is 302 g/mol. The van der Waals surface area contributed by atoms with Crippen molar-refractivity contribution in [2.24, 2.45) is 5.92 Å². The Balaban J connectivity index is 1.89. The standard InChI is InChI=1S/C20H23NO3/c1-2-15-9-6-10-17(11-15)13-19(22)21-14-18(20(23)24)12-16-7-4-3-5-8-16/h3-11,18H,2,12-14H2,1H3,(H,21,22)(H,23,24). The van der Waals surface area contributed by atoms with E-state index >= 15 is 0 Å². The number of carboxylic acids is 1. The summed E-state index contributed by atoms with van der Waals surface area (Å²) >= 11 is 0. The highest BCUT2D eigenvalue weighted by Gasteiger charge is 2.19. The summed E-state index contributed by atoms with van der Waals surface area (Å²) < 4.78 is 0. The molecule has 2 aromatic carbocycles. The molecule has 2 rings (SSSR count). The SMILES string of the molecule is CCc1cccc(CC(=O)NCC(Cc2ccccc2)C(=O)O)c1. The highest BCUT2D eigenvalue weighted by atomic mass is 16.4. The lowest BCUT2D eigenvalue weighted by Crippen LogP contribution is -2.34. The molecule has 0 radical (unpaired) electrons. The lowest BCUT2D eigenvalue weighted by Gasteiger charge is -2.14. The third kappa shape index (κ3) is 5.54. The minimum absolute atomic E-state index is 0.135. The third-order valence-corrected chi connectivity index (χ3v) is 3.98. The molecule has 1 atom stereocenters. The third-order valence-electron chi connectivity index (χ3n) is 3.98. The fourth-order valence-electron chi connectivity index (χ4n) is 2.59. The fourth-order valence-corrected chi connectivity index (χ4v) is 2.59. The molecule has 1 unspecified atom stereocenters. The molecule has 126 valence electrons. The Morgan fingerprint density at radius 2 is 1.67 bits per heavy atom. The monoisotopic (exact) mass is 325 g/mol. The summed E-state index contributed by atoms with van der Waals surface area (Å²) in [6.45, 7) is 2.21. The Hall–Kier alpha value is -2.62. The van der Waals surface area contributed by atoms with Crippen LogP contribution in [0.2, 0.25) is 0 Å². The summed E-state index contributed by atoms with van der Waals surface area (Å²) in [7, 11) is 0. The number of hydrogen-bond acceptors (Lipinski definition) is 2. The Kier molecular flexibility index (Phi) is 6.55. The van der Waals surface area contributed by atoms with Crippen LogP contribution < -0.4 is 5.32 Å². The second-order valence-electron chi connectivity index (χ2n) is 5.88. The van der Waals surface area contributed by atoms with Crippen LogP contribution in [0.1, 0.15) is 23.6 Å². The van der Waals surface area contributed by atoms with Crippen LogP contribution in [0.4, 0.5) is 0 Å². The van der Waals surface area contributed by atoms with Crippen molar-refractivity contribution in [1.29, 1.82) is 0 Å². The van der Waals surface area contributed by atoms with E-state index in [1.54, 1.807) is 0 Å². The Morgan fingerprint density at radius 1 is 1.00 bits per heavy atom. The number of benzene rings is 2. The van der Waals surface area contributed by atoms with Gasteiger partial charge in [-0.3, -0.25) is 9.59 Å². The van der Waals surface area contributed by atoms with Crippen molar-refractivity contribution in [3.63, 3.8) is 0 Å². The van der Waals surface area contributed by atoms with Crippen molar-refractivity contribution in [2.75, 3.05) is 6.54 Å². The summed E-state index contributed by atoms with van der Waals surface area (Å²) in [5.74, 6) is -1.67. The summed E-state index contributed by atoms with van der Waals surface area (Å²) in [5.41, 5.74) is 3.09. The van der Waals surface area contributed by atoms with Gasteiger partial charge >= 0.3 is 5.97 Å². The number of rotatable bonds is 8. The molecule has 0 fully saturated rings. The maximum absolute atomic E-state index is 12.1. The van der Waals surface area contributed by atoms with Gasteiger partial charge in [-0.05, 0) is 29.5 Å². The van der Waals surface area contributed by atoms with Crippen LogP contribution in [0.25, 0.3) is 0 Å². The van der Waals surface area contributed by atoms with Gasteiger partial charge in [0.15, 0.2) is 0 Å².